The number of nitrogens with two attached hydrogens (primary N) is 1. The molecule has 0 aliphatic carbocycles. The average molecular weight is 270 g/mol. The van der Waals surface area contributed by atoms with Gasteiger partial charge in [0.15, 0.2) is 5.13 Å². The highest BCUT2D eigenvalue weighted by Gasteiger charge is 2.16. The van der Waals surface area contributed by atoms with E-state index in [0.29, 0.717) is 5.13 Å². The van der Waals surface area contributed by atoms with Crippen molar-refractivity contribution in [1.29, 1.82) is 0 Å². The minimum Gasteiger partial charge on any atom is -0.375 e. The van der Waals surface area contributed by atoms with Crippen LogP contribution in [0.4, 0.5) is 5.13 Å². The van der Waals surface area contributed by atoms with Crippen molar-refractivity contribution in [2.75, 3.05) is 5.73 Å². The number of nitrogen functional groups attached to an aromatic ring is 1. The molecule has 0 aliphatic rings. The second kappa shape index (κ2) is 4.51. The molecule has 0 fully saturated rings. The Bertz CT molecular complexity index is 712. The van der Waals surface area contributed by atoms with Crippen LogP contribution in [-0.2, 0) is 0 Å². The van der Waals surface area contributed by atoms with Crippen molar-refractivity contribution in [3.63, 3.8) is 0 Å². The molecule has 0 radical (unpaired) electrons. The van der Waals surface area contributed by atoms with Crippen LogP contribution in [0.5, 0.6) is 0 Å². The number of benzene rings is 1. The number of aryl methyl sites for hydroxylation is 1. The van der Waals surface area contributed by atoms with Crippen LogP contribution in [0, 0.1) is 13.8 Å². The number of anilines is 1. The van der Waals surface area contributed by atoms with Gasteiger partial charge in [0.2, 0.25) is 0 Å². The summed E-state index contributed by atoms with van der Waals surface area (Å²) in [5.41, 5.74) is 10.8. The predicted octanol–water partition coefficient (Wildman–Crippen LogP) is 3.19. The number of hydrogen-bond acceptors (Lipinski definition) is 4. The first-order valence-electron chi connectivity index (χ1n) is 6.00. The van der Waals surface area contributed by atoms with Crippen LogP contribution in [0.25, 0.3) is 16.9 Å². The molecule has 0 spiro atoms. The molecule has 0 saturated carbocycles. The standard InChI is InChI=1S/C14H14N4S/c1-9-13(12-8-19-14(15)16-12)10(2)18(17-9)11-6-4-3-5-7-11/h3-8H,1-2H3,(H2,15,16). The first-order valence-corrected chi connectivity index (χ1v) is 6.88. The summed E-state index contributed by atoms with van der Waals surface area (Å²) in [7, 11) is 0. The van der Waals surface area contributed by atoms with E-state index in [2.05, 4.69) is 17.0 Å². The van der Waals surface area contributed by atoms with Gasteiger partial charge in [0.1, 0.15) is 0 Å². The largest absolute Gasteiger partial charge is 0.375 e. The van der Waals surface area contributed by atoms with Crippen molar-refractivity contribution < 1.29 is 0 Å². The Kier molecular flexibility index (Phi) is 2.83. The lowest BCUT2D eigenvalue weighted by molar-refractivity contribution is 0.834. The molecule has 0 bridgehead atoms. The van der Waals surface area contributed by atoms with E-state index in [1.54, 1.807) is 0 Å². The first-order chi connectivity index (χ1) is 9.16. The summed E-state index contributed by atoms with van der Waals surface area (Å²) in [6.07, 6.45) is 0. The van der Waals surface area contributed by atoms with Crippen LogP contribution in [0.1, 0.15) is 11.4 Å². The second-order valence-electron chi connectivity index (χ2n) is 4.36. The normalized spacial score (nSPS) is 10.8. The highest BCUT2D eigenvalue weighted by Crippen LogP contribution is 2.30. The number of nitrogens with zero attached hydrogens (tertiary/aromatic N) is 3. The molecule has 0 aliphatic heterocycles. The molecule has 0 unspecified atom stereocenters. The zero-order chi connectivity index (χ0) is 13.4. The Morgan fingerprint density at radius 3 is 2.53 bits per heavy atom. The molecule has 2 heterocycles. The van der Waals surface area contributed by atoms with Crippen molar-refractivity contribution in [2.24, 2.45) is 0 Å². The molecule has 0 amide bonds. The van der Waals surface area contributed by atoms with Crippen LogP contribution in [0.3, 0.4) is 0 Å². The summed E-state index contributed by atoms with van der Waals surface area (Å²) in [6, 6.07) is 10.1. The van der Waals surface area contributed by atoms with Gasteiger partial charge in [-0.1, -0.05) is 18.2 Å². The molecule has 96 valence electrons. The van der Waals surface area contributed by atoms with Gasteiger partial charge >= 0.3 is 0 Å². The molecule has 1 aromatic carbocycles. The Morgan fingerprint density at radius 2 is 1.89 bits per heavy atom. The summed E-state index contributed by atoms with van der Waals surface area (Å²) in [5, 5.41) is 7.16. The van der Waals surface area contributed by atoms with Gasteiger partial charge in [-0.2, -0.15) is 5.10 Å². The smallest absolute Gasteiger partial charge is 0.180 e. The molecule has 5 heteroatoms. The summed E-state index contributed by atoms with van der Waals surface area (Å²) < 4.78 is 1.94. The van der Waals surface area contributed by atoms with Crippen molar-refractivity contribution in [2.45, 2.75) is 13.8 Å². The van der Waals surface area contributed by atoms with Gasteiger partial charge in [-0.05, 0) is 26.0 Å². The molecule has 0 saturated heterocycles. The fourth-order valence-electron chi connectivity index (χ4n) is 2.24. The van der Waals surface area contributed by atoms with Gasteiger partial charge in [0.05, 0.1) is 22.8 Å². The van der Waals surface area contributed by atoms with E-state index < -0.39 is 0 Å². The van der Waals surface area contributed by atoms with Gasteiger partial charge in [0, 0.05) is 10.9 Å². The van der Waals surface area contributed by atoms with E-state index in [1.807, 2.05) is 47.3 Å². The van der Waals surface area contributed by atoms with E-state index in [9.17, 15) is 0 Å². The SMILES string of the molecule is Cc1nn(-c2ccccc2)c(C)c1-c1csc(N)n1. The van der Waals surface area contributed by atoms with Gasteiger partial charge in [-0.15, -0.1) is 11.3 Å². The monoisotopic (exact) mass is 270 g/mol. The predicted molar refractivity (Wildman–Crippen MR) is 78.6 cm³/mol. The van der Waals surface area contributed by atoms with Crippen molar-refractivity contribution >= 4 is 16.5 Å². The lowest BCUT2D eigenvalue weighted by Crippen LogP contribution is -1.98. The molecule has 19 heavy (non-hydrogen) atoms. The Labute approximate surface area is 115 Å². The number of rotatable bonds is 2. The van der Waals surface area contributed by atoms with Crippen LogP contribution < -0.4 is 5.73 Å². The maximum Gasteiger partial charge on any atom is 0.180 e. The molecule has 3 aromatic rings. The van der Waals surface area contributed by atoms with E-state index in [-0.39, 0.29) is 0 Å². The summed E-state index contributed by atoms with van der Waals surface area (Å²) in [6.45, 7) is 4.05. The Balaban J connectivity index is 2.16. The molecule has 2 N–H and O–H groups in total. The quantitative estimate of drug-likeness (QED) is 0.778. The topological polar surface area (TPSA) is 56.7 Å². The fraction of sp³-hybridized carbons (Fsp3) is 0.143. The third-order valence-corrected chi connectivity index (χ3v) is 3.74. The minimum absolute atomic E-state index is 0.585. The van der Waals surface area contributed by atoms with Crippen LogP contribution in [0.2, 0.25) is 0 Å². The number of para-hydroxylation sites is 1. The van der Waals surface area contributed by atoms with Crippen LogP contribution >= 0.6 is 11.3 Å². The minimum atomic E-state index is 0.585. The van der Waals surface area contributed by atoms with E-state index >= 15 is 0 Å². The second-order valence-corrected chi connectivity index (χ2v) is 5.25. The van der Waals surface area contributed by atoms with Crippen molar-refractivity contribution in [3.05, 3.63) is 47.1 Å². The highest BCUT2D eigenvalue weighted by atomic mass is 32.1. The maximum atomic E-state index is 5.71. The molecule has 0 atom stereocenters. The lowest BCUT2D eigenvalue weighted by atomic mass is 10.1. The van der Waals surface area contributed by atoms with Crippen molar-refractivity contribution in [1.82, 2.24) is 14.8 Å². The van der Waals surface area contributed by atoms with Gasteiger partial charge in [0.25, 0.3) is 0 Å². The lowest BCUT2D eigenvalue weighted by Gasteiger charge is -2.04. The number of thiazole rings is 1. The summed E-state index contributed by atoms with van der Waals surface area (Å²) in [4.78, 5) is 4.35. The third-order valence-electron chi connectivity index (χ3n) is 3.07. The van der Waals surface area contributed by atoms with Crippen LogP contribution in [0.15, 0.2) is 35.7 Å². The van der Waals surface area contributed by atoms with E-state index in [4.69, 9.17) is 5.73 Å². The number of aromatic nitrogens is 3. The highest BCUT2D eigenvalue weighted by molar-refractivity contribution is 7.13. The molecule has 3 rings (SSSR count). The third kappa shape index (κ3) is 2.02. The van der Waals surface area contributed by atoms with Crippen molar-refractivity contribution in [3.8, 4) is 16.9 Å². The number of hydrogen-bond donors (Lipinski definition) is 1. The fourth-order valence-corrected chi connectivity index (χ4v) is 2.79. The molecule has 2 aromatic heterocycles. The molecular weight excluding hydrogens is 256 g/mol. The zero-order valence-corrected chi connectivity index (χ0v) is 11.6. The Hall–Kier alpha value is -2.14. The van der Waals surface area contributed by atoms with Gasteiger partial charge in [-0.3, -0.25) is 0 Å². The Morgan fingerprint density at radius 1 is 1.16 bits per heavy atom. The zero-order valence-electron chi connectivity index (χ0n) is 10.8. The summed E-state index contributed by atoms with van der Waals surface area (Å²) >= 11 is 1.45. The summed E-state index contributed by atoms with van der Waals surface area (Å²) in [5.74, 6) is 0. The van der Waals surface area contributed by atoms with E-state index in [1.165, 1.54) is 11.3 Å². The first kappa shape index (κ1) is 11.9. The molecule has 4 nitrogen and oxygen atoms in total. The van der Waals surface area contributed by atoms with E-state index in [0.717, 1.165) is 28.3 Å². The van der Waals surface area contributed by atoms with Gasteiger partial charge < -0.3 is 5.73 Å². The van der Waals surface area contributed by atoms with Crippen LogP contribution in [-0.4, -0.2) is 14.8 Å². The maximum absolute atomic E-state index is 5.71. The molecular formula is C14H14N4S. The average Bonchev–Trinajstić information content (AvgIpc) is 2.95. The van der Waals surface area contributed by atoms with Gasteiger partial charge in [-0.25, -0.2) is 9.67 Å².